The smallest absolute Gasteiger partial charge is 0.252 e. The maximum Gasteiger partial charge on any atom is 0.252 e. The van der Waals surface area contributed by atoms with E-state index in [4.69, 9.17) is 11.5 Å². The van der Waals surface area contributed by atoms with Crippen molar-refractivity contribution in [2.45, 2.75) is 25.9 Å². The standard InChI is InChI=1S/C21H21F3N6O/c1-10(25)18(12-3-5-13(22)6-4-12)29-21-17(24)8-15(19(26)31)20(30-21)28-14-7-16(23)11(2)27-9-14/h3-10,18H,25H2,1-2H3,(H2,26,31)(H2,28,29,30)/t10-,18-/m0/s1. The van der Waals surface area contributed by atoms with Crippen molar-refractivity contribution in [3.63, 3.8) is 0 Å². The van der Waals surface area contributed by atoms with Crippen molar-refractivity contribution in [3.05, 3.63) is 76.9 Å². The number of hydrogen-bond donors (Lipinski definition) is 4. The van der Waals surface area contributed by atoms with Crippen LogP contribution in [0.1, 0.15) is 34.6 Å². The van der Waals surface area contributed by atoms with Crippen molar-refractivity contribution < 1.29 is 18.0 Å². The van der Waals surface area contributed by atoms with Crippen molar-refractivity contribution in [3.8, 4) is 0 Å². The number of carbonyl (C=O) groups excluding carboxylic acids is 1. The van der Waals surface area contributed by atoms with Crippen LogP contribution in [0.3, 0.4) is 0 Å². The van der Waals surface area contributed by atoms with Gasteiger partial charge in [0.05, 0.1) is 29.2 Å². The largest absolute Gasteiger partial charge is 0.365 e. The number of primary amides is 1. The second kappa shape index (κ2) is 9.00. The Hall–Kier alpha value is -3.66. The van der Waals surface area contributed by atoms with Crippen LogP contribution in [0.5, 0.6) is 0 Å². The molecule has 0 saturated heterocycles. The molecule has 0 fully saturated rings. The van der Waals surface area contributed by atoms with Crippen molar-refractivity contribution in [2.24, 2.45) is 11.5 Å². The first-order valence-corrected chi connectivity index (χ1v) is 9.32. The zero-order chi connectivity index (χ0) is 22.7. The van der Waals surface area contributed by atoms with Crippen LogP contribution in [0.15, 0.2) is 42.6 Å². The lowest BCUT2D eigenvalue weighted by Crippen LogP contribution is -2.31. The summed E-state index contributed by atoms with van der Waals surface area (Å²) in [5.74, 6) is -3.08. The highest BCUT2D eigenvalue weighted by molar-refractivity contribution is 5.98. The number of carbonyl (C=O) groups is 1. The molecule has 0 aliphatic rings. The number of nitrogens with one attached hydrogen (secondary N) is 2. The van der Waals surface area contributed by atoms with Crippen LogP contribution in [0.4, 0.5) is 30.5 Å². The van der Waals surface area contributed by atoms with E-state index in [0.29, 0.717) is 5.56 Å². The number of anilines is 3. The molecule has 7 nitrogen and oxygen atoms in total. The molecule has 0 aliphatic carbocycles. The number of amides is 1. The Kier molecular flexibility index (Phi) is 6.40. The van der Waals surface area contributed by atoms with Gasteiger partial charge in [-0.1, -0.05) is 12.1 Å². The number of aryl methyl sites for hydroxylation is 1. The van der Waals surface area contributed by atoms with Gasteiger partial charge in [-0.25, -0.2) is 18.2 Å². The molecule has 162 valence electrons. The predicted molar refractivity (Wildman–Crippen MR) is 111 cm³/mol. The third-order valence-electron chi connectivity index (χ3n) is 4.58. The quantitative estimate of drug-likeness (QED) is 0.455. The summed E-state index contributed by atoms with van der Waals surface area (Å²) in [6, 6.07) is 6.52. The normalized spacial score (nSPS) is 12.8. The van der Waals surface area contributed by atoms with E-state index < -0.39 is 35.4 Å². The number of pyridine rings is 2. The van der Waals surface area contributed by atoms with Gasteiger partial charge in [-0.2, -0.15) is 0 Å². The van der Waals surface area contributed by atoms with Gasteiger partial charge in [0.25, 0.3) is 5.91 Å². The van der Waals surface area contributed by atoms with E-state index in [0.717, 1.165) is 12.1 Å². The first kappa shape index (κ1) is 22.0. The molecular formula is C21H21F3N6O. The lowest BCUT2D eigenvalue weighted by molar-refractivity contribution is 0.100. The molecule has 3 rings (SSSR count). The lowest BCUT2D eigenvalue weighted by atomic mass is 10.0. The number of nitrogens with zero attached hydrogens (tertiary/aromatic N) is 2. The molecule has 31 heavy (non-hydrogen) atoms. The monoisotopic (exact) mass is 430 g/mol. The molecule has 0 spiro atoms. The van der Waals surface area contributed by atoms with E-state index >= 15 is 0 Å². The molecule has 2 atom stereocenters. The zero-order valence-corrected chi connectivity index (χ0v) is 16.8. The summed E-state index contributed by atoms with van der Waals surface area (Å²) in [7, 11) is 0. The molecular weight excluding hydrogens is 409 g/mol. The predicted octanol–water partition coefficient (Wildman–Crippen LogP) is 3.55. The summed E-state index contributed by atoms with van der Waals surface area (Å²) in [5, 5.41) is 5.62. The number of aromatic nitrogens is 2. The minimum Gasteiger partial charge on any atom is -0.365 e. The molecule has 3 aromatic rings. The molecule has 2 aromatic heterocycles. The summed E-state index contributed by atoms with van der Waals surface area (Å²) in [5.41, 5.74) is 12.1. The van der Waals surface area contributed by atoms with Gasteiger partial charge in [0, 0.05) is 12.1 Å². The van der Waals surface area contributed by atoms with Gasteiger partial charge in [-0.05, 0) is 37.6 Å². The van der Waals surface area contributed by atoms with E-state index in [1.807, 2.05) is 0 Å². The topological polar surface area (TPSA) is 119 Å². The SMILES string of the molecule is Cc1ncc(Nc2nc(N[C@H](c3ccc(F)cc3)[C@H](C)N)c(F)cc2C(N)=O)cc1F. The molecule has 10 heteroatoms. The van der Waals surface area contributed by atoms with Crippen LogP contribution in [-0.2, 0) is 0 Å². The summed E-state index contributed by atoms with van der Waals surface area (Å²) >= 11 is 0. The van der Waals surface area contributed by atoms with Gasteiger partial charge < -0.3 is 22.1 Å². The fourth-order valence-corrected chi connectivity index (χ4v) is 2.92. The molecule has 0 radical (unpaired) electrons. The Labute approximate surface area is 176 Å². The van der Waals surface area contributed by atoms with Crippen molar-refractivity contribution in [1.82, 2.24) is 9.97 Å². The summed E-state index contributed by atoms with van der Waals surface area (Å²) < 4.78 is 41.8. The Morgan fingerprint density at radius 3 is 2.32 bits per heavy atom. The summed E-state index contributed by atoms with van der Waals surface area (Å²) in [4.78, 5) is 19.8. The molecule has 6 N–H and O–H groups in total. The third kappa shape index (κ3) is 5.10. The maximum atomic E-state index is 14.7. The fraction of sp³-hybridized carbons (Fsp3) is 0.190. The number of rotatable bonds is 7. The molecule has 0 aliphatic heterocycles. The highest BCUT2D eigenvalue weighted by Gasteiger charge is 2.22. The second-order valence-electron chi connectivity index (χ2n) is 7.03. The van der Waals surface area contributed by atoms with Crippen LogP contribution < -0.4 is 22.1 Å². The second-order valence-corrected chi connectivity index (χ2v) is 7.03. The van der Waals surface area contributed by atoms with Gasteiger partial charge >= 0.3 is 0 Å². The summed E-state index contributed by atoms with van der Waals surface area (Å²) in [6.45, 7) is 3.19. The van der Waals surface area contributed by atoms with E-state index in [1.54, 1.807) is 6.92 Å². The third-order valence-corrected chi connectivity index (χ3v) is 4.58. The minimum atomic E-state index is -0.928. The highest BCUT2D eigenvalue weighted by atomic mass is 19.1. The fourth-order valence-electron chi connectivity index (χ4n) is 2.92. The Morgan fingerprint density at radius 2 is 1.74 bits per heavy atom. The van der Waals surface area contributed by atoms with Crippen LogP contribution >= 0.6 is 0 Å². The van der Waals surface area contributed by atoms with Crippen LogP contribution in [0.25, 0.3) is 0 Å². The van der Waals surface area contributed by atoms with Crippen molar-refractivity contribution in [1.29, 1.82) is 0 Å². The Morgan fingerprint density at radius 1 is 1.06 bits per heavy atom. The average Bonchev–Trinajstić information content (AvgIpc) is 2.71. The first-order chi connectivity index (χ1) is 14.7. The molecule has 1 amide bonds. The van der Waals surface area contributed by atoms with Crippen LogP contribution in [0.2, 0.25) is 0 Å². The molecule has 1 aromatic carbocycles. The molecule has 2 heterocycles. The first-order valence-electron chi connectivity index (χ1n) is 9.32. The van der Waals surface area contributed by atoms with Gasteiger partial charge in [0.2, 0.25) is 0 Å². The lowest BCUT2D eigenvalue weighted by Gasteiger charge is -2.24. The molecule has 0 saturated carbocycles. The van der Waals surface area contributed by atoms with E-state index in [9.17, 15) is 18.0 Å². The number of nitrogens with two attached hydrogens (primary N) is 2. The van der Waals surface area contributed by atoms with Crippen LogP contribution in [-0.4, -0.2) is 21.9 Å². The number of benzene rings is 1. The maximum absolute atomic E-state index is 14.7. The summed E-state index contributed by atoms with van der Waals surface area (Å²) in [6.07, 6.45) is 1.34. The van der Waals surface area contributed by atoms with Gasteiger partial charge in [0.15, 0.2) is 11.6 Å². The number of halogens is 3. The van der Waals surface area contributed by atoms with E-state index in [-0.39, 0.29) is 28.6 Å². The zero-order valence-electron chi connectivity index (χ0n) is 16.8. The molecule has 0 bridgehead atoms. The van der Waals surface area contributed by atoms with E-state index in [1.165, 1.54) is 37.4 Å². The van der Waals surface area contributed by atoms with Crippen LogP contribution in [0, 0.1) is 24.4 Å². The minimum absolute atomic E-state index is 0.0935. The Bertz CT molecular complexity index is 1110. The van der Waals surface area contributed by atoms with Gasteiger partial charge in [-0.15, -0.1) is 0 Å². The average molecular weight is 430 g/mol. The van der Waals surface area contributed by atoms with Crippen molar-refractivity contribution in [2.75, 3.05) is 10.6 Å². The van der Waals surface area contributed by atoms with Crippen molar-refractivity contribution >= 4 is 23.2 Å². The molecule has 0 unspecified atom stereocenters. The number of hydrogen-bond acceptors (Lipinski definition) is 6. The van der Waals surface area contributed by atoms with Gasteiger partial charge in [-0.3, -0.25) is 9.78 Å². The van der Waals surface area contributed by atoms with E-state index in [2.05, 4.69) is 20.6 Å². The highest BCUT2D eigenvalue weighted by Crippen LogP contribution is 2.28. The van der Waals surface area contributed by atoms with Gasteiger partial charge in [0.1, 0.15) is 17.5 Å². The Balaban J connectivity index is 1.99.